The van der Waals surface area contributed by atoms with Crippen molar-refractivity contribution in [2.24, 2.45) is 0 Å². The van der Waals surface area contributed by atoms with Gasteiger partial charge in [0, 0.05) is 44.8 Å². The minimum absolute atomic E-state index is 0. The van der Waals surface area contributed by atoms with E-state index in [1.165, 1.54) is 11.1 Å². The van der Waals surface area contributed by atoms with Crippen LogP contribution in [0.5, 0.6) is 17.2 Å². The first kappa shape index (κ1) is 22.6. The van der Waals surface area contributed by atoms with Crippen molar-refractivity contribution in [3.05, 3.63) is 47.5 Å². The molecule has 0 atom stereocenters. The number of carbonyl (C=O) groups excluding carboxylic acids is 1. The Morgan fingerprint density at radius 2 is 1.72 bits per heavy atom. The molecule has 0 aromatic heterocycles. The molecule has 0 unspecified atom stereocenters. The van der Waals surface area contributed by atoms with Crippen LogP contribution in [0.3, 0.4) is 0 Å². The molecule has 32 heavy (non-hydrogen) atoms. The molecule has 0 bridgehead atoms. The number of fused-ring (bicyclic) bond motifs is 2. The fourth-order valence-electron chi connectivity index (χ4n) is 4.56. The van der Waals surface area contributed by atoms with Crippen LogP contribution in [-0.4, -0.2) is 54.8 Å². The summed E-state index contributed by atoms with van der Waals surface area (Å²) in [6.45, 7) is 4.42. The van der Waals surface area contributed by atoms with Gasteiger partial charge in [-0.3, -0.25) is 4.79 Å². The summed E-state index contributed by atoms with van der Waals surface area (Å²) in [6.07, 6.45) is 3.60. The highest BCUT2D eigenvalue weighted by Crippen LogP contribution is 2.36. The standard InChI is InChI=1S/C24H29N3O4.ClH/c25-19-1-3-20(4-2-19)31-21-6-9-26(10-7-21)11-8-24(28)27-12-5-17-13-22-23(30-16-29-22)14-18(17)15-27;/h1-4,13-14,21H,5-12,15-16,25H2;1H. The van der Waals surface area contributed by atoms with E-state index in [0.29, 0.717) is 13.0 Å². The van der Waals surface area contributed by atoms with E-state index in [-0.39, 0.29) is 31.2 Å². The van der Waals surface area contributed by atoms with Crippen molar-refractivity contribution < 1.29 is 19.0 Å². The van der Waals surface area contributed by atoms with Crippen LogP contribution in [0.25, 0.3) is 0 Å². The van der Waals surface area contributed by atoms with Gasteiger partial charge in [0.2, 0.25) is 12.7 Å². The number of likely N-dealkylation sites (tertiary alicyclic amines) is 1. The topological polar surface area (TPSA) is 77.3 Å². The molecule has 0 radical (unpaired) electrons. The second-order valence-electron chi connectivity index (χ2n) is 8.52. The number of hydrogen-bond acceptors (Lipinski definition) is 6. The Hall–Kier alpha value is -2.64. The fourth-order valence-corrected chi connectivity index (χ4v) is 4.56. The summed E-state index contributed by atoms with van der Waals surface area (Å²) in [5, 5.41) is 0. The van der Waals surface area contributed by atoms with Crippen LogP contribution in [-0.2, 0) is 17.8 Å². The highest BCUT2D eigenvalue weighted by Gasteiger charge is 2.26. The van der Waals surface area contributed by atoms with Crippen molar-refractivity contribution in [2.45, 2.75) is 38.3 Å². The lowest BCUT2D eigenvalue weighted by molar-refractivity contribution is -0.132. The number of benzene rings is 2. The number of ether oxygens (including phenoxy) is 3. The Labute approximate surface area is 194 Å². The first-order valence-corrected chi connectivity index (χ1v) is 11.1. The van der Waals surface area contributed by atoms with E-state index in [9.17, 15) is 4.79 Å². The van der Waals surface area contributed by atoms with Crippen LogP contribution >= 0.6 is 12.4 Å². The van der Waals surface area contributed by atoms with E-state index in [4.69, 9.17) is 19.9 Å². The number of nitrogen functional groups attached to an aromatic ring is 1. The smallest absolute Gasteiger partial charge is 0.231 e. The Bertz CT molecular complexity index is 945. The molecule has 5 rings (SSSR count). The molecule has 2 aromatic rings. The highest BCUT2D eigenvalue weighted by molar-refractivity contribution is 5.85. The van der Waals surface area contributed by atoms with Gasteiger partial charge in [0.05, 0.1) is 0 Å². The fraction of sp³-hybridized carbons (Fsp3) is 0.458. The van der Waals surface area contributed by atoms with Crippen molar-refractivity contribution in [1.29, 1.82) is 0 Å². The van der Waals surface area contributed by atoms with Gasteiger partial charge in [-0.15, -0.1) is 12.4 Å². The molecule has 1 amide bonds. The summed E-state index contributed by atoms with van der Waals surface area (Å²) in [4.78, 5) is 17.2. The van der Waals surface area contributed by atoms with E-state index in [2.05, 4.69) is 11.0 Å². The Morgan fingerprint density at radius 1 is 1.03 bits per heavy atom. The van der Waals surface area contributed by atoms with Crippen molar-refractivity contribution in [3.63, 3.8) is 0 Å². The van der Waals surface area contributed by atoms with Crippen LogP contribution in [0.4, 0.5) is 5.69 Å². The molecule has 2 N–H and O–H groups in total. The predicted octanol–water partition coefficient (Wildman–Crippen LogP) is 3.24. The first-order valence-electron chi connectivity index (χ1n) is 11.1. The number of halogens is 1. The third-order valence-corrected chi connectivity index (χ3v) is 6.42. The largest absolute Gasteiger partial charge is 0.490 e. The summed E-state index contributed by atoms with van der Waals surface area (Å²) >= 11 is 0. The minimum Gasteiger partial charge on any atom is -0.490 e. The highest BCUT2D eigenvalue weighted by atomic mass is 35.5. The molecule has 0 spiro atoms. The van der Waals surface area contributed by atoms with Gasteiger partial charge in [-0.25, -0.2) is 0 Å². The van der Waals surface area contributed by atoms with E-state index in [1.54, 1.807) is 0 Å². The Morgan fingerprint density at radius 3 is 2.44 bits per heavy atom. The normalized spacial score (nSPS) is 18.1. The van der Waals surface area contributed by atoms with Gasteiger partial charge in [-0.1, -0.05) is 0 Å². The third kappa shape index (κ3) is 5.05. The van der Waals surface area contributed by atoms with E-state index in [0.717, 1.165) is 68.4 Å². The Balaban J connectivity index is 0.00000245. The van der Waals surface area contributed by atoms with E-state index < -0.39 is 0 Å². The average molecular weight is 460 g/mol. The summed E-state index contributed by atoms with van der Waals surface area (Å²) < 4.78 is 17.0. The molecule has 8 heteroatoms. The van der Waals surface area contributed by atoms with Crippen LogP contribution in [0.1, 0.15) is 30.4 Å². The zero-order chi connectivity index (χ0) is 21.2. The molecule has 7 nitrogen and oxygen atoms in total. The molecule has 0 aliphatic carbocycles. The summed E-state index contributed by atoms with van der Waals surface area (Å²) in [5.41, 5.74) is 8.91. The maximum absolute atomic E-state index is 12.8. The Kier molecular flexibility index (Phi) is 6.96. The number of hydrogen-bond donors (Lipinski definition) is 1. The lowest BCUT2D eigenvalue weighted by Crippen LogP contribution is -2.41. The van der Waals surface area contributed by atoms with E-state index >= 15 is 0 Å². The maximum Gasteiger partial charge on any atom is 0.231 e. The zero-order valence-corrected chi connectivity index (χ0v) is 18.9. The molecule has 1 fully saturated rings. The van der Waals surface area contributed by atoms with Crippen molar-refractivity contribution >= 4 is 24.0 Å². The lowest BCUT2D eigenvalue weighted by atomic mass is 9.98. The first-order chi connectivity index (χ1) is 15.1. The SMILES string of the molecule is Cl.Nc1ccc(OC2CCN(CCC(=O)N3CCc4cc5c(cc4C3)OCO5)CC2)cc1. The summed E-state index contributed by atoms with van der Waals surface area (Å²) in [7, 11) is 0. The van der Waals surface area contributed by atoms with Gasteiger partial charge in [0.1, 0.15) is 11.9 Å². The van der Waals surface area contributed by atoms with Crippen molar-refractivity contribution in [1.82, 2.24) is 9.80 Å². The predicted molar refractivity (Wildman–Crippen MR) is 124 cm³/mol. The molecule has 2 aromatic carbocycles. The average Bonchev–Trinajstić information content (AvgIpc) is 3.25. The van der Waals surface area contributed by atoms with Crippen molar-refractivity contribution in [2.75, 3.05) is 38.7 Å². The molecule has 3 aliphatic rings. The van der Waals surface area contributed by atoms with Gasteiger partial charge < -0.3 is 29.7 Å². The van der Waals surface area contributed by atoms with Crippen molar-refractivity contribution in [3.8, 4) is 17.2 Å². The summed E-state index contributed by atoms with van der Waals surface area (Å²) in [6, 6.07) is 11.7. The molecular weight excluding hydrogens is 430 g/mol. The zero-order valence-electron chi connectivity index (χ0n) is 18.1. The molecule has 3 heterocycles. The maximum atomic E-state index is 12.8. The molecule has 3 aliphatic heterocycles. The van der Waals surface area contributed by atoms with Crippen LogP contribution < -0.4 is 19.9 Å². The number of piperidine rings is 1. The second kappa shape index (κ2) is 9.88. The van der Waals surface area contributed by atoms with Gasteiger partial charge in [-0.05, 0) is 66.8 Å². The van der Waals surface area contributed by atoms with E-state index in [1.807, 2.05) is 35.2 Å². The van der Waals surface area contributed by atoms with Gasteiger partial charge in [-0.2, -0.15) is 0 Å². The molecular formula is C24H30ClN3O4. The molecule has 172 valence electrons. The number of rotatable bonds is 5. The third-order valence-electron chi connectivity index (χ3n) is 6.42. The van der Waals surface area contributed by atoms with Gasteiger partial charge in [0.15, 0.2) is 11.5 Å². The number of nitrogens with two attached hydrogens (primary N) is 1. The second-order valence-corrected chi connectivity index (χ2v) is 8.52. The molecule has 1 saturated heterocycles. The van der Waals surface area contributed by atoms with Crippen LogP contribution in [0.15, 0.2) is 36.4 Å². The van der Waals surface area contributed by atoms with Crippen LogP contribution in [0, 0.1) is 0 Å². The monoisotopic (exact) mass is 459 g/mol. The number of carbonyl (C=O) groups is 1. The number of amides is 1. The van der Waals surface area contributed by atoms with Crippen LogP contribution in [0.2, 0.25) is 0 Å². The number of nitrogens with zero attached hydrogens (tertiary/aromatic N) is 2. The van der Waals surface area contributed by atoms with Gasteiger partial charge >= 0.3 is 0 Å². The number of anilines is 1. The van der Waals surface area contributed by atoms with Gasteiger partial charge in [0.25, 0.3) is 0 Å². The minimum atomic E-state index is 0. The lowest BCUT2D eigenvalue weighted by Gasteiger charge is -2.33. The molecule has 0 saturated carbocycles. The summed E-state index contributed by atoms with van der Waals surface area (Å²) in [5.74, 6) is 2.71. The quantitative estimate of drug-likeness (QED) is 0.692.